The Bertz CT molecular complexity index is 627. The SMILES string of the molecule is Cc1cccc(Nc2cccc(Br)c2C#N)c1C. The Morgan fingerprint density at radius 2 is 1.72 bits per heavy atom. The summed E-state index contributed by atoms with van der Waals surface area (Å²) in [6, 6.07) is 14.0. The molecule has 2 aromatic carbocycles. The van der Waals surface area contributed by atoms with Crippen LogP contribution in [0.3, 0.4) is 0 Å². The fourth-order valence-corrected chi connectivity index (χ4v) is 2.23. The normalized spacial score (nSPS) is 9.89. The second-order valence-corrected chi connectivity index (χ2v) is 5.00. The molecule has 2 rings (SSSR count). The van der Waals surface area contributed by atoms with Gasteiger partial charge in [-0.15, -0.1) is 0 Å². The molecule has 0 radical (unpaired) electrons. The third-order valence-electron chi connectivity index (χ3n) is 3.00. The van der Waals surface area contributed by atoms with E-state index in [1.165, 1.54) is 11.1 Å². The zero-order valence-corrected chi connectivity index (χ0v) is 11.9. The Hall–Kier alpha value is -1.79. The quantitative estimate of drug-likeness (QED) is 0.874. The van der Waals surface area contributed by atoms with E-state index in [0.29, 0.717) is 5.56 Å². The summed E-state index contributed by atoms with van der Waals surface area (Å²) in [5.74, 6) is 0. The summed E-state index contributed by atoms with van der Waals surface area (Å²) in [5.41, 5.74) is 4.90. The molecular weight excluding hydrogens is 288 g/mol. The zero-order chi connectivity index (χ0) is 13.1. The largest absolute Gasteiger partial charge is 0.354 e. The first-order valence-electron chi connectivity index (χ1n) is 5.65. The van der Waals surface area contributed by atoms with Gasteiger partial charge in [0.15, 0.2) is 0 Å². The lowest BCUT2D eigenvalue weighted by molar-refractivity contribution is 1.33. The van der Waals surface area contributed by atoms with E-state index in [0.717, 1.165) is 15.8 Å². The summed E-state index contributed by atoms with van der Waals surface area (Å²) >= 11 is 3.39. The number of aryl methyl sites for hydroxylation is 1. The van der Waals surface area contributed by atoms with Gasteiger partial charge in [0.1, 0.15) is 6.07 Å². The van der Waals surface area contributed by atoms with Crippen LogP contribution in [-0.2, 0) is 0 Å². The minimum atomic E-state index is 0.624. The van der Waals surface area contributed by atoms with Crippen LogP contribution in [0.2, 0.25) is 0 Å². The molecule has 0 bridgehead atoms. The van der Waals surface area contributed by atoms with Crippen LogP contribution in [0.5, 0.6) is 0 Å². The average Bonchev–Trinajstić information content (AvgIpc) is 2.35. The van der Waals surface area contributed by atoms with Gasteiger partial charge in [0, 0.05) is 10.2 Å². The number of hydrogen-bond acceptors (Lipinski definition) is 2. The van der Waals surface area contributed by atoms with Gasteiger partial charge in [-0.05, 0) is 59.1 Å². The first-order valence-corrected chi connectivity index (χ1v) is 6.44. The van der Waals surface area contributed by atoms with Crippen LogP contribution in [0.15, 0.2) is 40.9 Å². The highest BCUT2D eigenvalue weighted by atomic mass is 79.9. The van der Waals surface area contributed by atoms with Crippen molar-refractivity contribution in [2.45, 2.75) is 13.8 Å². The first kappa shape index (κ1) is 12.7. The highest BCUT2D eigenvalue weighted by molar-refractivity contribution is 9.10. The zero-order valence-electron chi connectivity index (χ0n) is 10.3. The molecule has 0 atom stereocenters. The third kappa shape index (κ3) is 2.39. The summed E-state index contributed by atoms with van der Waals surface area (Å²) in [4.78, 5) is 0. The lowest BCUT2D eigenvalue weighted by Gasteiger charge is -2.13. The van der Waals surface area contributed by atoms with Gasteiger partial charge in [-0.2, -0.15) is 5.26 Å². The number of benzene rings is 2. The van der Waals surface area contributed by atoms with Gasteiger partial charge in [0.05, 0.1) is 11.3 Å². The molecule has 2 nitrogen and oxygen atoms in total. The van der Waals surface area contributed by atoms with Crippen LogP contribution in [0.25, 0.3) is 0 Å². The van der Waals surface area contributed by atoms with E-state index < -0.39 is 0 Å². The maximum absolute atomic E-state index is 9.18. The number of nitrogens with zero attached hydrogens (tertiary/aromatic N) is 1. The van der Waals surface area contributed by atoms with Crippen molar-refractivity contribution in [1.82, 2.24) is 0 Å². The number of anilines is 2. The predicted octanol–water partition coefficient (Wildman–Crippen LogP) is 4.68. The van der Waals surface area contributed by atoms with Crippen molar-refractivity contribution in [3.05, 3.63) is 57.6 Å². The van der Waals surface area contributed by atoms with E-state index in [1.54, 1.807) is 0 Å². The molecule has 0 fully saturated rings. The molecule has 0 aromatic heterocycles. The van der Waals surface area contributed by atoms with Crippen molar-refractivity contribution in [3.63, 3.8) is 0 Å². The van der Waals surface area contributed by atoms with Crippen molar-refractivity contribution in [2.24, 2.45) is 0 Å². The van der Waals surface area contributed by atoms with Crippen LogP contribution < -0.4 is 5.32 Å². The Morgan fingerprint density at radius 1 is 1.06 bits per heavy atom. The molecule has 90 valence electrons. The van der Waals surface area contributed by atoms with Crippen molar-refractivity contribution >= 4 is 27.3 Å². The second-order valence-electron chi connectivity index (χ2n) is 4.15. The maximum Gasteiger partial charge on any atom is 0.103 e. The molecule has 0 aliphatic carbocycles. The van der Waals surface area contributed by atoms with E-state index in [-0.39, 0.29) is 0 Å². The Kier molecular flexibility index (Phi) is 3.69. The number of hydrogen-bond donors (Lipinski definition) is 1. The number of nitriles is 1. The molecule has 0 saturated carbocycles. The lowest BCUT2D eigenvalue weighted by atomic mass is 10.1. The molecule has 0 spiro atoms. The summed E-state index contributed by atoms with van der Waals surface area (Å²) in [6.07, 6.45) is 0. The topological polar surface area (TPSA) is 35.8 Å². The van der Waals surface area contributed by atoms with Crippen molar-refractivity contribution in [3.8, 4) is 6.07 Å². The fourth-order valence-electron chi connectivity index (χ4n) is 1.77. The van der Waals surface area contributed by atoms with E-state index in [1.807, 2.05) is 30.3 Å². The van der Waals surface area contributed by atoms with Gasteiger partial charge in [-0.3, -0.25) is 0 Å². The van der Waals surface area contributed by atoms with Gasteiger partial charge < -0.3 is 5.32 Å². The van der Waals surface area contributed by atoms with Crippen LogP contribution in [-0.4, -0.2) is 0 Å². The van der Waals surface area contributed by atoms with Crippen molar-refractivity contribution < 1.29 is 0 Å². The summed E-state index contributed by atoms with van der Waals surface area (Å²) in [6.45, 7) is 4.15. The first-order chi connectivity index (χ1) is 8.63. The summed E-state index contributed by atoms with van der Waals surface area (Å²) in [5, 5.41) is 12.5. The second kappa shape index (κ2) is 5.24. The molecule has 0 unspecified atom stereocenters. The fraction of sp³-hybridized carbons (Fsp3) is 0.133. The van der Waals surface area contributed by atoms with Crippen LogP contribution >= 0.6 is 15.9 Å². The highest BCUT2D eigenvalue weighted by Crippen LogP contribution is 2.28. The van der Waals surface area contributed by atoms with Crippen molar-refractivity contribution in [2.75, 3.05) is 5.32 Å². The van der Waals surface area contributed by atoms with Gasteiger partial charge in [0.25, 0.3) is 0 Å². The minimum Gasteiger partial charge on any atom is -0.354 e. The lowest BCUT2D eigenvalue weighted by Crippen LogP contribution is -1.97. The Labute approximate surface area is 115 Å². The van der Waals surface area contributed by atoms with Crippen molar-refractivity contribution in [1.29, 1.82) is 5.26 Å². The smallest absolute Gasteiger partial charge is 0.103 e. The van der Waals surface area contributed by atoms with Crippen LogP contribution in [0.1, 0.15) is 16.7 Å². The summed E-state index contributed by atoms with van der Waals surface area (Å²) in [7, 11) is 0. The molecule has 3 heteroatoms. The van der Waals surface area contributed by atoms with Crippen LogP contribution in [0, 0.1) is 25.2 Å². The monoisotopic (exact) mass is 300 g/mol. The number of nitrogens with one attached hydrogen (secondary N) is 1. The standard InChI is InChI=1S/C15H13BrN2/c1-10-5-3-7-14(11(10)2)18-15-8-4-6-13(16)12(15)9-17/h3-8,18H,1-2H3. The number of rotatable bonds is 2. The Balaban J connectivity index is 2.44. The van der Waals surface area contributed by atoms with E-state index in [4.69, 9.17) is 0 Å². The highest BCUT2D eigenvalue weighted by Gasteiger charge is 2.07. The molecule has 0 amide bonds. The molecule has 1 N–H and O–H groups in total. The van der Waals surface area contributed by atoms with E-state index in [2.05, 4.69) is 47.2 Å². The molecule has 0 aliphatic rings. The van der Waals surface area contributed by atoms with Crippen LogP contribution in [0.4, 0.5) is 11.4 Å². The minimum absolute atomic E-state index is 0.624. The molecule has 2 aromatic rings. The van der Waals surface area contributed by atoms with Gasteiger partial charge in [-0.1, -0.05) is 18.2 Å². The predicted molar refractivity (Wildman–Crippen MR) is 78.1 cm³/mol. The molecule has 0 aliphatic heterocycles. The summed E-state index contributed by atoms with van der Waals surface area (Å²) < 4.78 is 0.806. The molecular formula is C15H13BrN2. The third-order valence-corrected chi connectivity index (χ3v) is 3.66. The molecule has 18 heavy (non-hydrogen) atoms. The van der Waals surface area contributed by atoms with Gasteiger partial charge >= 0.3 is 0 Å². The number of halogens is 1. The molecule has 0 saturated heterocycles. The Morgan fingerprint density at radius 3 is 2.44 bits per heavy atom. The average molecular weight is 301 g/mol. The van der Waals surface area contributed by atoms with E-state index >= 15 is 0 Å². The maximum atomic E-state index is 9.18. The van der Waals surface area contributed by atoms with Gasteiger partial charge in [-0.25, -0.2) is 0 Å². The van der Waals surface area contributed by atoms with Gasteiger partial charge in [0.2, 0.25) is 0 Å². The van der Waals surface area contributed by atoms with E-state index in [9.17, 15) is 5.26 Å². The molecule has 0 heterocycles.